The Morgan fingerprint density at radius 1 is 1.32 bits per heavy atom. The first-order chi connectivity index (χ1) is 12.0. The first kappa shape index (κ1) is 16.4. The van der Waals surface area contributed by atoms with Crippen molar-refractivity contribution in [2.24, 2.45) is 0 Å². The highest BCUT2D eigenvalue weighted by atomic mass is 35.5. The number of H-pyrrole nitrogens is 1. The van der Waals surface area contributed by atoms with Gasteiger partial charge in [-0.3, -0.25) is 19.4 Å². The normalized spacial score (nSPS) is 18.9. The van der Waals surface area contributed by atoms with E-state index < -0.39 is 0 Å². The van der Waals surface area contributed by atoms with E-state index in [2.05, 4.69) is 10.4 Å². The van der Waals surface area contributed by atoms with Gasteiger partial charge in [0.05, 0.1) is 21.6 Å². The van der Waals surface area contributed by atoms with Crippen LogP contribution in [0.2, 0.25) is 5.02 Å². The van der Waals surface area contributed by atoms with Crippen molar-refractivity contribution >= 4 is 35.1 Å². The Labute approximate surface area is 152 Å². The summed E-state index contributed by atoms with van der Waals surface area (Å²) in [6.45, 7) is 3.99. The van der Waals surface area contributed by atoms with Crippen molar-refractivity contribution < 1.29 is 14.3 Å². The van der Waals surface area contributed by atoms with Gasteiger partial charge >= 0.3 is 0 Å². The van der Waals surface area contributed by atoms with Crippen molar-refractivity contribution in [3.8, 4) is 11.5 Å². The van der Waals surface area contributed by atoms with E-state index in [1.165, 1.54) is 11.8 Å². The molecule has 4 rings (SSSR count). The summed E-state index contributed by atoms with van der Waals surface area (Å²) >= 11 is 7.68. The van der Waals surface area contributed by atoms with Crippen molar-refractivity contribution in [1.29, 1.82) is 0 Å². The largest absolute Gasteiger partial charge is 0.454 e. The summed E-state index contributed by atoms with van der Waals surface area (Å²) in [5.41, 5.74) is 1.08. The van der Waals surface area contributed by atoms with Crippen LogP contribution in [0.4, 0.5) is 5.82 Å². The standard InChI is InChI=1S/C16H16ClN3O4S/c1-7(2)20-15-12(16(22)19-20)14(25-5-11(21)18-15)8-3-9(17)13-10(4-8)23-6-24-13/h3-4,7,14H,5-6H2,1-2H3,(H,18,21)(H,19,22)/t14-/m1/s1. The average Bonchev–Trinajstić information content (AvgIpc) is 3.09. The highest BCUT2D eigenvalue weighted by Crippen LogP contribution is 2.46. The zero-order valence-corrected chi connectivity index (χ0v) is 15.2. The van der Waals surface area contributed by atoms with Crippen LogP contribution in [0.1, 0.15) is 36.3 Å². The van der Waals surface area contributed by atoms with Crippen LogP contribution in [0, 0.1) is 0 Å². The summed E-state index contributed by atoms with van der Waals surface area (Å²) in [5, 5.41) is 5.74. The van der Waals surface area contributed by atoms with E-state index in [0.717, 1.165) is 5.56 Å². The minimum Gasteiger partial charge on any atom is -0.454 e. The minimum absolute atomic E-state index is 0.000780. The van der Waals surface area contributed by atoms with Crippen LogP contribution < -0.4 is 20.3 Å². The summed E-state index contributed by atoms with van der Waals surface area (Å²) in [5.74, 6) is 1.66. The first-order valence-corrected chi connectivity index (χ1v) is 9.23. The smallest absolute Gasteiger partial charge is 0.270 e. The lowest BCUT2D eigenvalue weighted by molar-refractivity contribution is -0.113. The Bertz CT molecular complexity index is 921. The number of nitrogens with zero attached hydrogens (tertiary/aromatic N) is 1. The van der Waals surface area contributed by atoms with E-state index in [4.69, 9.17) is 21.1 Å². The minimum atomic E-state index is -0.343. The number of carbonyl (C=O) groups is 1. The van der Waals surface area contributed by atoms with Crippen molar-refractivity contribution in [3.05, 3.63) is 38.6 Å². The zero-order chi connectivity index (χ0) is 17.7. The Balaban J connectivity index is 1.89. The fourth-order valence-corrected chi connectivity index (χ4v) is 4.41. The number of hydrogen-bond donors (Lipinski definition) is 2. The highest BCUT2D eigenvalue weighted by Gasteiger charge is 2.32. The molecule has 2 aliphatic heterocycles. The Morgan fingerprint density at radius 3 is 2.88 bits per heavy atom. The molecule has 0 aliphatic carbocycles. The molecule has 0 unspecified atom stereocenters. The maximum atomic E-state index is 12.6. The second-order valence-corrected chi connectivity index (χ2v) is 7.64. The number of rotatable bonds is 2. The molecule has 1 atom stereocenters. The number of carbonyl (C=O) groups excluding carboxylic acids is 1. The van der Waals surface area contributed by atoms with Gasteiger partial charge in [-0.1, -0.05) is 11.6 Å². The van der Waals surface area contributed by atoms with E-state index in [1.54, 1.807) is 10.7 Å². The van der Waals surface area contributed by atoms with Gasteiger partial charge in [0.1, 0.15) is 5.82 Å². The number of benzene rings is 1. The molecular formula is C16H16ClN3O4S. The predicted molar refractivity (Wildman–Crippen MR) is 95.9 cm³/mol. The van der Waals surface area contributed by atoms with E-state index >= 15 is 0 Å². The molecule has 2 aliphatic rings. The van der Waals surface area contributed by atoms with Crippen molar-refractivity contribution in [1.82, 2.24) is 9.78 Å². The van der Waals surface area contributed by atoms with Gasteiger partial charge in [0.15, 0.2) is 11.5 Å². The monoisotopic (exact) mass is 381 g/mol. The third kappa shape index (κ3) is 2.69. The molecule has 1 aromatic heterocycles. The van der Waals surface area contributed by atoms with Crippen LogP contribution >= 0.6 is 23.4 Å². The molecule has 0 fully saturated rings. The van der Waals surface area contributed by atoms with Gasteiger partial charge in [0, 0.05) is 6.04 Å². The van der Waals surface area contributed by atoms with Gasteiger partial charge < -0.3 is 14.8 Å². The van der Waals surface area contributed by atoms with Crippen LogP contribution in [0.25, 0.3) is 0 Å². The molecule has 1 aromatic carbocycles. The van der Waals surface area contributed by atoms with E-state index in [0.29, 0.717) is 27.9 Å². The van der Waals surface area contributed by atoms with E-state index in [-0.39, 0.29) is 35.3 Å². The molecule has 0 bridgehead atoms. The molecule has 2 N–H and O–H groups in total. The highest BCUT2D eigenvalue weighted by molar-refractivity contribution is 8.00. The molecular weight excluding hydrogens is 366 g/mol. The lowest BCUT2D eigenvalue weighted by atomic mass is 10.1. The number of halogens is 1. The molecule has 25 heavy (non-hydrogen) atoms. The number of hydrogen-bond acceptors (Lipinski definition) is 5. The van der Waals surface area contributed by atoms with Gasteiger partial charge in [0.25, 0.3) is 5.56 Å². The third-order valence-corrected chi connectivity index (χ3v) is 5.68. The van der Waals surface area contributed by atoms with E-state index in [9.17, 15) is 9.59 Å². The molecule has 3 heterocycles. The van der Waals surface area contributed by atoms with Crippen LogP contribution in [-0.4, -0.2) is 28.2 Å². The number of nitrogens with one attached hydrogen (secondary N) is 2. The van der Waals surface area contributed by atoms with Crippen LogP contribution in [-0.2, 0) is 4.79 Å². The molecule has 1 amide bonds. The summed E-state index contributed by atoms with van der Waals surface area (Å²) < 4.78 is 12.5. The number of aromatic amines is 1. The van der Waals surface area contributed by atoms with Crippen LogP contribution in [0.15, 0.2) is 16.9 Å². The molecule has 0 spiro atoms. The summed E-state index contributed by atoms with van der Waals surface area (Å²) in [4.78, 5) is 24.7. The Kier molecular flexibility index (Phi) is 3.96. The van der Waals surface area contributed by atoms with Gasteiger partial charge in [-0.2, -0.15) is 0 Å². The summed E-state index contributed by atoms with van der Waals surface area (Å²) in [6.07, 6.45) is 0. The second kappa shape index (κ2) is 6.03. The SMILES string of the molecule is CC(C)n1[nH]c(=O)c2c1NC(=O)CS[C@@H]2c1cc(Cl)c2c(c1)OCO2. The Morgan fingerprint density at radius 2 is 2.12 bits per heavy atom. The third-order valence-electron chi connectivity index (χ3n) is 4.13. The molecule has 2 aromatic rings. The molecule has 7 nitrogen and oxygen atoms in total. The lowest BCUT2D eigenvalue weighted by Gasteiger charge is -2.16. The fourth-order valence-electron chi connectivity index (χ4n) is 3.03. The number of fused-ring (bicyclic) bond motifs is 2. The van der Waals surface area contributed by atoms with Gasteiger partial charge in [-0.05, 0) is 31.5 Å². The van der Waals surface area contributed by atoms with Gasteiger partial charge in [-0.25, -0.2) is 0 Å². The van der Waals surface area contributed by atoms with Crippen molar-refractivity contribution in [2.45, 2.75) is 25.1 Å². The molecule has 0 saturated carbocycles. The number of aromatic nitrogens is 2. The summed E-state index contributed by atoms with van der Waals surface area (Å²) in [7, 11) is 0. The summed E-state index contributed by atoms with van der Waals surface area (Å²) in [6, 6.07) is 3.58. The van der Waals surface area contributed by atoms with Crippen LogP contribution in [0.3, 0.4) is 0 Å². The quantitative estimate of drug-likeness (QED) is 0.835. The Hall–Kier alpha value is -2.06. The maximum Gasteiger partial charge on any atom is 0.270 e. The number of ether oxygens (including phenoxy) is 2. The molecule has 9 heteroatoms. The molecule has 132 valence electrons. The van der Waals surface area contributed by atoms with Gasteiger partial charge in [0.2, 0.25) is 12.7 Å². The van der Waals surface area contributed by atoms with E-state index in [1.807, 2.05) is 19.9 Å². The maximum absolute atomic E-state index is 12.6. The predicted octanol–water partition coefficient (Wildman–Crippen LogP) is 2.91. The average molecular weight is 382 g/mol. The fraction of sp³-hybridized carbons (Fsp3) is 0.375. The second-order valence-electron chi connectivity index (χ2n) is 6.14. The first-order valence-electron chi connectivity index (χ1n) is 7.80. The number of anilines is 1. The lowest BCUT2D eigenvalue weighted by Crippen LogP contribution is -2.17. The number of thioether (sulfide) groups is 1. The van der Waals surface area contributed by atoms with Crippen molar-refractivity contribution in [3.63, 3.8) is 0 Å². The van der Waals surface area contributed by atoms with Crippen LogP contribution in [0.5, 0.6) is 11.5 Å². The topological polar surface area (TPSA) is 85.4 Å². The van der Waals surface area contributed by atoms with Crippen molar-refractivity contribution in [2.75, 3.05) is 17.9 Å². The number of amides is 1. The zero-order valence-electron chi connectivity index (χ0n) is 13.6. The molecule has 0 saturated heterocycles. The molecule has 0 radical (unpaired) electrons. The van der Waals surface area contributed by atoms with Gasteiger partial charge in [-0.15, -0.1) is 11.8 Å².